The second-order valence-electron chi connectivity index (χ2n) is 9.05. The Morgan fingerprint density at radius 1 is 1.06 bits per heavy atom. The zero-order valence-corrected chi connectivity index (χ0v) is 20.8. The molecule has 0 saturated heterocycles. The fourth-order valence-electron chi connectivity index (χ4n) is 4.76. The summed E-state index contributed by atoms with van der Waals surface area (Å²) < 4.78 is 17.3. The average molecular weight is 501 g/mol. The topological polar surface area (TPSA) is 77.1 Å². The van der Waals surface area contributed by atoms with E-state index in [0.29, 0.717) is 22.8 Å². The number of alkyl halides is 1. The molecule has 0 spiro atoms. The molecule has 1 N–H and O–H groups in total. The number of fused-ring (bicyclic) bond motifs is 1. The molecular formula is C27H33ClN2O5. The van der Waals surface area contributed by atoms with Gasteiger partial charge in [-0.25, -0.2) is 0 Å². The predicted octanol–water partition coefficient (Wildman–Crippen LogP) is 4.48. The minimum Gasteiger partial charge on any atom is -0.497 e. The zero-order chi connectivity index (χ0) is 24.6. The number of benzene rings is 2. The van der Waals surface area contributed by atoms with E-state index in [4.69, 9.17) is 25.8 Å². The van der Waals surface area contributed by atoms with Crippen LogP contribution in [0.1, 0.15) is 50.1 Å². The predicted molar refractivity (Wildman–Crippen MR) is 134 cm³/mol. The Morgan fingerprint density at radius 3 is 2.40 bits per heavy atom. The molecule has 8 heteroatoms. The molecule has 35 heavy (non-hydrogen) atoms. The summed E-state index contributed by atoms with van der Waals surface area (Å²) in [4.78, 5) is 28.4. The van der Waals surface area contributed by atoms with E-state index in [9.17, 15) is 9.59 Å². The summed E-state index contributed by atoms with van der Waals surface area (Å²) in [6.45, 7) is 0.428. The summed E-state index contributed by atoms with van der Waals surface area (Å²) in [6.07, 6.45) is 6.01. The molecule has 188 valence electrons. The van der Waals surface area contributed by atoms with Crippen molar-refractivity contribution in [3.63, 3.8) is 0 Å². The Bertz CT molecular complexity index is 991. The fourth-order valence-corrected chi connectivity index (χ4v) is 4.92. The standard InChI is InChI=1S/C27H33ClN2O5/c1-33-21-14-12-19(13-15-21)26(27(32)29-20-8-4-2-3-5-9-20)30(25(31)16-28)17-22-18-34-23-10-6-7-11-24(23)35-22/h6-7,10-15,20,22,26H,2-5,8-9,16-18H2,1H3,(H,29,32). The summed E-state index contributed by atoms with van der Waals surface area (Å²) in [5, 5.41) is 3.22. The highest BCUT2D eigenvalue weighted by Crippen LogP contribution is 2.32. The van der Waals surface area contributed by atoms with Crippen LogP contribution in [0, 0.1) is 0 Å². The lowest BCUT2D eigenvalue weighted by Crippen LogP contribution is -2.51. The second kappa shape index (κ2) is 12.2. The maximum atomic E-state index is 13.7. The smallest absolute Gasteiger partial charge is 0.247 e. The van der Waals surface area contributed by atoms with E-state index in [1.54, 1.807) is 19.2 Å². The monoisotopic (exact) mass is 500 g/mol. The van der Waals surface area contributed by atoms with Gasteiger partial charge >= 0.3 is 0 Å². The van der Waals surface area contributed by atoms with Crippen LogP contribution in [0.2, 0.25) is 0 Å². The van der Waals surface area contributed by atoms with Crippen molar-refractivity contribution >= 4 is 23.4 Å². The SMILES string of the molecule is COc1ccc(C(C(=O)NC2CCCCCC2)N(CC2COc3ccccc3O2)C(=O)CCl)cc1. The number of nitrogens with one attached hydrogen (secondary N) is 1. The number of nitrogens with zero attached hydrogens (tertiary/aromatic N) is 1. The van der Waals surface area contributed by atoms with Crippen molar-refractivity contribution in [3.05, 3.63) is 54.1 Å². The molecule has 1 heterocycles. The van der Waals surface area contributed by atoms with Gasteiger partial charge in [0.1, 0.15) is 24.3 Å². The molecule has 1 saturated carbocycles. The third kappa shape index (κ3) is 6.40. The minimum absolute atomic E-state index is 0.0971. The highest BCUT2D eigenvalue weighted by molar-refractivity contribution is 6.27. The summed E-state index contributed by atoms with van der Waals surface area (Å²) in [7, 11) is 1.59. The van der Waals surface area contributed by atoms with Gasteiger partial charge in [-0.15, -0.1) is 11.6 Å². The van der Waals surface area contributed by atoms with E-state index in [1.165, 1.54) is 17.7 Å². The molecule has 1 fully saturated rings. The van der Waals surface area contributed by atoms with Crippen molar-refractivity contribution in [1.29, 1.82) is 0 Å². The first kappa shape index (κ1) is 25.2. The number of hydrogen-bond acceptors (Lipinski definition) is 5. The fraction of sp³-hybridized carbons (Fsp3) is 0.481. The highest BCUT2D eigenvalue weighted by Gasteiger charge is 2.35. The molecule has 0 radical (unpaired) electrons. The maximum absolute atomic E-state index is 13.7. The highest BCUT2D eigenvalue weighted by atomic mass is 35.5. The largest absolute Gasteiger partial charge is 0.497 e. The van der Waals surface area contributed by atoms with Crippen LogP contribution in [0.4, 0.5) is 0 Å². The van der Waals surface area contributed by atoms with Crippen molar-refractivity contribution < 1.29 is 23.8 Å². The lowest BCUT2D eigenvalue weighted by atomic mass is 10.0. The molecule has 2 aromatic rings. The van der Waals surface area contributed by atoms with Crippen LogP contribution in [0.5, 0.6) is 17.2 Å². The normalized spacial score (nSPS) is 18.7. The van der Waals surface area contributed by atoms with Crippen LogP contribution >= 0.6 is 11.6 Å². The van der Waals surface area contributed by atoms with E-state index in [-0.39, 0.29) is 36.9 Å². The molecule has 2 aliphatic rings. The van der Waals surface area contributed by atoms with E-state index < -0.39 is 12.1 Å². The molecule has 2 atom stereocenters. The number of para-hydroxylation sites is 2. The summed E-state index contributed by atoms with van der Waals surface area (Å²) in [5.74, 6) is 1.16. The third-order valence-corrected chi connectivity index (χ3v) is 6.82. The van der Waals surface area contributed by atoms with Gasteiger partial charge in [-0.3, -0.25) is 9.59 Å². The van der Waals surface area contributed by atoms with Crippen LogP contribution in [0.25, 0.3) is 0 Å². The number of carbonyl (C=O) groups excluding carboxylic acids is 2. The number of hydrogen-bond donors (Lipinski definition) is 1. The molecule has 4 rings (SSSR count). The van der Waals surface area contributed by atoms with Crippen molar-refractivity contribution in [2.45, 2.75) is 56.7 Å². The zero-order valence-electron chi connectivity index (χ0n) is 20.1. The Labute approximate surface area is 211 Å². The number of rotatable bonds is 8. The Kier molecular flexibility index (Phi) is 8.74. The van der Waals surface area contributed by atoms with Gasteiger partial charge in [0, 0.05) is 6.04 Å². The Morgan fingerprint density at radius 2 is 1.74 bits per heavy atom. The molecule has 2 unspecified atom stereocenters. The van der Waals surface area contributed by atoms with E-state index >= 15 is 0 Å². The Hall–Kier alpha value is -2.93. The van der Waals surface area contributed by atoms with Gasteiger partial charge in [-0.05, 0) is 42.7 Å². The van der Waals surface area contributed by atoms with E-state index in [2.05, 4.69) is 5.32 Å². The first-order valence-corrected chi connectivity index (χ1v) is 12.8. The molecule has 1 aliphatic heterocycles. The van der Waals surface area contributed by atoms with Crippen LogP contribution < -0.4 is 19.5 Å². The average Bonchev–Trinajstić information content (AvgIpc) is 3.16. The van der Waals surface area contributed by atoms with E-state index in [0.717, 1.165) is 25.7 Å². The molecular weight excluding hydrogens is 468 g/mol. The molecule has 1 aliphatic carbocycles. The van der Waals surface area contributed by atoms with Crippen LogP contribution in [-0.4, -0.2) is 55.0 Å². The molecule has 0 bridgehead atoms. The van der Waals surface area contributed by atoms with Gasteiger partial charge in [-0.1, -0.05) is 49.9 Å². The number of methoxy groups -OCH3 is 1. The van der Waals surface area contributed by atoms with Crippen molar-refractivity contribution in [2.24, 2.45) is 0 Å². The lowest BCUT2D eigenvalue weighted by molar-refractivity contribution is -0.141. The number of carbonyl (C=O) groups is 2. The van der Waals surface area contributed by atoms with Crippen LogP contribution in [0.3, 0.4) is 0 Å². The maximum Gasteiger partial charge on any atom is 0.247 e. The van der Waals surface area contributed by atoms with Crippen LogP contribution in [0.15, 0.2) is 48.5 Å². The Balaban J connectivity index is 1.60. The molecule has 2 amide bonds. The first-order chi connectivity index (χ1) is 17.1. The summed E-state index contributed by atoms with van der Waals surface area (Å²) in [6, 6.07) is 13.9. The second-order valence-corrected chi connectivity index (χ2v) is 9.32. The van der Waals surface area contributed by atoms with Gasteiger partial charge < -0.3 is 24.4 Å². The quantitative estimate of drug-likeness (QED) is 0.427. The van der Waals surface area contributed by atoms with Gasteiger partial charge in [0.15, 0.2) is 17.6 Å². The molecule has 0 aromatic heterocycles. The number of amides is 2. The first-order valence-electron chi connectivity index (χ1n) is 12.3. The van der Waals surface area contributed by atoms with Crippen LogP contribution in [-0.2, 0) is 9.59 Å². The van der Waals surface area contributed by atoms with Crippen molar-refractivity contribution in [1.82, 2.24) is 10.2 Å². The molecule has 7 nitrogen and oxygen atoms in total. The lowest BCUT2D eigenvalue weighted by Gasteiger charge is -2.36. The minimum atomic E-state index is -0.851. The van der Waals surface area contributed by atoms with Gasteiger partial charge in [0.2, 0.25) is 11.8 Å². The summed E-state index contributed by atoms with van der Waals surface area (Å²) in [5.41, 5.74) is 0.688. The van der Waals surface area contributed by atoms with Gasteiger partial charge in [0.05, 0.1) is 13.7 Å². The number of halogens is 1. The van der Waals surface area contributed by atoms with E-state index in [1.807, 2.05) is 36.4 Å². The molecule has 2 aromatic carbocycles. The summed E-state index contributed by atoms with van der Waals surface area (Å²) >= 11 is 6.03. The van der Waals surface area contributed by atoms with Crippen molar-refractivity contribution in [3.8, 4) is 17.2 Å². The van der Waals surface area contributed by atoms with Gasteiger partial charge in [-0.2, -0.15) is 0 Å². The third-order valence-electron chi connectivity index (χ3n) is 6.60. The van der Waals surface area contributed by atoms with Crippen molar-refractivity contribution in [2.75, 3.05) is 26.1 Å². The number of ether oxygens (including phenoxy) is 3. The van der Waals surface area contributed by atoms with Gasteiger partial charge in [0.25, 0.3) is 0 Å².